The Balaban J connectivity index is 1.91. The molecule has 0 saturated heterocycles. The lowest BCUT2D eigenvalue weighted by Crippen LogP contribution is -2.40. The molecule has 0 aromatic carbocycles. The van der Waals surface area contributed by atoms with Crippen molar-refractivity contribution in [3.63, 3.8) is 0 Å². The zero-order valence-electron chi connectivity index (χ0n) is 11.0. The maximum absolute atomic E-state index is 12.0. The zero-order chi connectivity index (χ0) is 13.1. The quantitative estimate of drug-likeness (QED) is 0.881. The molecule has 1 amide bonds. The Bertz CT molecular complexity index is 418. The molecule has 0 aliphatic heterocycles. The summed E-state index contributed by atoms with van der Waals surface area (Å²) in [4.78, 5) is 16.2. The number of hydrogen-bond donors (Lipinski definition) is 2. The van der Waals surface area contributed by atoms with Gasteiger partial charge < -0.3 is 11.1 Å². The second-order valence-corrected chi connectivity index (χ2v) is 6.21. The highest BCUT2D eigenvalue weighted by molar-refractivity contribution is 7.09. The van der Waals surface area contributed by atoms with E-state index in [0.29, 0.717) is 24.2 Å². The maximum Gasteiger partial charge on any atom is 0.270 e. The van der Waals surface area contributed by atoms with E-state index in [2.05, 4.69) is 24.1 Å². The summed E-state index contributed by atoms with van der Waals surface area (Å²) < 4.78 is 0. The number of thiazole rings is 1. The Hall–Kier alpha value is -0.940. The van der Waals surface area contributed by atoms with Crippen molar-refractivity contribution >= 4 is 17.2 Å². The average Bonchev–Trinajstić information content (AvgIpc) is 2.82. The number of rotatable bonds is 3. The van der Waals surface area contributed by atoms with Crippen LogP contribution in [0.4, 0.5) is 0 Å². The molecule has 100 valence electrons. The van der Waals surface area contributed by atoms with Crippen molar-refractivity contribution in [3.8, 4) is 0 Å². The normalized spacial score (nSPS) is 28.1. The number of aromatic nitrogens is 1. The van der Waals surface area contributed by atoms with E-state index in [0.717, 1.165) is 23.8 Å². The van der Waals surface area contributed by atoms with Crippen molar-refractivity contribution in [1.29, 1.82) is 0 Å². The highest BCUT2D eigenvalue weighted by Crippen LogP contribution is 2.29. The average molecular weight is 267 g/mol. The first kappa shape index (κ1) is 13.5. The third-order valence-electron chi connectivity index (χ3n) is 3.89. The molecule has 1 aromatic rings. The van der Waals surface area contributed by atoms with Crippen LogP contribution < -0.4 is 11.1 Å². The minimum atomic E-state index is -0.0577. The van der Waals surface area contributed by atoms with Gasteiger partial charge in [0.15, 0.2) is 0 Å². The van der Waals surface area contributed by atoms with Crippen molar-refractivity contribution in [3.05, 3.63) is 16.1 Å². The van der Waals surface area contributed by atoms with E-state index in [9.17, 15) is 4.79 Å². The van der Waals surface area contributed by atoms with E-state index >= 15 is 0 Å². The number of nitrogens with zero attached hydrogens (tertiary/aromatic N) is 1. The van der Waals surface area contributed by atoms with E-state index in [4.69, 9.17) is 5.73 Å². The third-order valence-corrected chi connectivity index (χ3v) is 4.76. The molecule has 4 nitrogen and oxygen atoms in total. The van der Waals surface area contributed by atoms with E-state index in [1.807, 2.05) is 0 Å². The Morgan fingerprint density at radius 1 is 1.50 bits per heavy atom. The highest BCUT2D eigenvalue weighted by atomic mass is 32.1. The van der Waals surface area contributed by atoms with Crippen LogP contribution in [0.25, 0.3) is 0 Å². The monoisotopic (exact) mass is 267 g/mol. The smallest absolute Gasteiger partial charge is 0.270 e. The summed E-state index contributed by atoms with van der Waals surface area (Å²) in [6.07, 6.45) is 3.34. The van der Waals surface area contributed by atoms with Crippen molar-refractivity contribution < 1.29 is 4.79 Å². The van der Waals surface area contributed by atoms with Gasteiger partial charge in [0.05, 0.1) is 0 Å². The summed E-state index contributed by atoms with van der Waals surface area (Å²) in [5, 5.41) is 5.68. The SMILES string of the molecule is CC1CCC(NC(=O)c2csc(CN)n2)CC1C. The molecule has 5 heteroatoms. The molecule has 0 spiro atoms. The van der Waals surface area contributed by atoms with Gasteiger partial charge in [-0.15, -0.1) is 11.3 Å². The standard InChI is InChI=1S/C13H21N3OS/c1-8-3-4-10(5-9(8)2)15-13(17)11-7-18-12(6-14)16-11/h7-10H,3-6,14H2,1-2H3,(H,15,17). The van der Waals surface area contributed by atoms with Crippen LogP contribution in [0.3, 0.4) is 0 Å². The van der Waals surface area contributed by atoms with E-state index in [1.54, 1.807) is 5.38 Å². The Labute approximate surface area is 112 Å². The lowest BCUT2D eigenvalue weighted by molar-refractivity contribution is 0.0906. The van der Waals surface area contributed by atoms with Crippen LogP contribution in [-0.2, 0) is 6.54 Å². The molecule has 0 bridgehead atoms. The second-order valence-electron chi connectivity index (χ2n) is 5.27. The van der Waals surface area contributed by atoms with E-state index < -0.39 is 0 Å². The number of hydrogen-bond acceptors (Lipinski definition) is 4. The molecule has 1 aliphatic rings. The van der Waals surface area contributed by atoms with Gasteiger partial charge in [0.1, 0.15) is 10.7 Å². The van der Waals surface area contributed by atoms with Crippen LogP contribution in [0.5, 0.6) is 0 Å². The van der Waals surface area contributed by atoms with Gasteiger partial charge in [0.25, 0.3) is 5.91 Å². The summed E-state index contributed by atoms with van der Waals surface area (Å²) >= 11 is 1.44. The lowest BCUT2D eigenvalue weighted by atomic mass is 9.79. The van der Waals surface area contributed by atoms with Gasteiger partial charge in [-0.1, -0.05) is 13.8 Å². The Morgan fingerprint density at radius 3 is 2.89 bits per heavy atom. The molecular formula is C13H21N3OS. The van der Waals surface area contributed by atoms with Gasteiger partial charge in [-0.3, -0.25) is 4.79 Å². The predicted octanol–water partition coefficient (Wildman–Crippen LogP) is 2.16. The minimum absolute atomic E-state index is 0.0577. The molecule has 1 heterocycles. The van der Waals surface area contributed by atoms with Gasteiger partial charge in [0.2, 0.25) is 0 Å². The fraction of sp³-hybridized carbons (Fsp3) is 0.692. The van der Waals surface area contributed by atoms with Crippen molar-refractivity contribution in [2.75, 3.05) is 0 Å². The molecule has 1 aromatic heterocycles. The number of nitrogens with one attached hydrogen (secondary N) is 1. The maximum atomic E-state index is 12.0. The molecule has 1 fully saturated rings. The van der Waals surface area contributed by atoms with Crippen LogP contribution in [0.2, 0.25) is 0 Å². The van der Waals surface area contributed by atoms with Crippen molar-refractivity contribution in [2.24, 2.45) is 17.6 Å². The summed E-state index contributed by atoms with van der Waals surface area (Å²) in [5.74, 6) is 1.39. The molecule has 3 unspecified atom stereocenters. The summed E-state index contributed by atoms with van der Waals surface area (Å²) in [7, 11) is 0. The molecule has 1 aliphatic carbocycles. The Morgan fingerprint density at radius 2 is 2.28 bits per heavy atom. The zero-order valence-corrected chi connectivity index (χ0v) is 11.8. The molecule has 0 radical (unpaired) electrons. The Kier molecular flexibility index (Phi) is 4.35. The van der Waals surface area contributed by atoms with Gasteiger partial charge in [-0.05, 0) is 31.1 Å². The van der Waals surface area contributed by atoms with Crippen LogP contribution >= 0.6 is 11.3 Å². The minimum Gasteiger partial charge on any atom is -0.348 e. The van der Waals surface area contributed by atoms with Crippen molar-refractivity contribution in [2.45, 2.75) is 45.7 Å². The number of carbonyl (C=O) groups excluding carboxylic acids is 1. The number of carbonyl (C=O) groups is 1. The first-order valence-electron chi connectivity index (χ1n) is 6.55. The van der Waals surface area contributed by atoms with E-state index in [-0.39, 0.29) is 5.91 Å². The molecule has 18 heavy (non-hydrogen) atoms. The number of amides is 1. The predicted molar refractivity (Wildman–Crippen MR) is 73.4 cm³/mol. The topological polar surface area (TPSA) is 68.0 Å². The largest absolute Gasteiger partial charge is 0.348 e. The molecule has 2 rings (SSSR count). The van der Waals surface area contributed by atoms with Crippen LogP contribution in [-0.4, -0.2) is 16.9 Å². The first-order chi connectivity index (χ1) is 8.60. The van der Waals surface area contributed by atoms with Crippen LogP contribution in [0.1, 0.15) is 48.6 Å². The summed E-state index contributed by atoms with van der Waals surface area (Å²) in [5.41, 5.74) is 6.00. The summed E-state index contributed by atoms with van der Waals surface area (Å²) in [6.45, 7) is 4.95. The first-order valence-corrected chi connectivity index (χ1v) is 7.43. The van der Waals surface area contributed by atoms with E-state index in [1.165, 1.54) is 17.8 Å². The van der Waals surface area contributed by atoms with Gasteiger partial charge >= 0.3 is 0 Å². The molecular weight excluding hydrogens is 246 g/mol. The van der Waals surface area contributed by atoms with Crippen LogP contribution in [0, 0.1) is 11.8 Å². The number of nitrogens with two attached hydrogens (primary N) is 1. The molecule has 1 saturated carbocycles. The van der Waals surface area contributed by atoms with Crippen LogP contribution in [0.15, 0.2) is 5.38 Å². The fourth-order valence-corrected chi connectivity index (χ4v) is 3.10. The molecule has 3 atom stereocenters. The second kappa shape index (κ2) is 5.80. The summed E-state index contributed by atoms with van der Waals surface area (Å²) in [6, 6.07) is 0.298. The van der Waals surface area contributed by atoms with Crippen molar-refractivity contribution in [1.82, 2.24) is 10.3 Å². The highest BCUT2D eigenvalue weighted by Gasteiger charge is 2.26. The fourth-order valence-electron chi connectivity index (χ4n) is 2.45. The lowest BCUT2D eigenvalue weighted by Gasteiger charge is -2.32. The molecule has 3 N–H and O–H groups in total. The van der Waals surface area contributed by atoms with Gasteiger partial charge in [-0.25, -0.2) is 4.98 Å². The van der Waals surface area contributed by atoms with Gasteiger partial charge in [-0.2, -0.15) is 0 Å². The van der Waals surface area contributed by atoms with Gasteiger partial charge in [0, 0.05) is 18.0 Å². The third kappa shape index (κ3) is 3.09.